The highest BCUT2D eigenvalue weighted by Gasteiger charge is 2.22. The van der Waals surface area contributed by atoms with Crippen LogP contribution in [0.25, 0.3) is 0 Å². The second kappa shape index (κ2) is 7.61. The van der Waals surface area contributed by atoms with Crippen LogP contribution in [-0.2, 0) is 6.54 Å². The largest absolute Gasteiger partial charge is 0.359 e. The van der Waals surface area contributed by atoms with Gasteiger partial charge in [-0.3, -0.25) is 9.59 Å². The highest BCUT2D eigenvalue weighted by molar-refractivity contribution is 5.95. The summed E-state index contributed by atoms with van der Waals surface area (Å²) in [5.74, 6) is 0.246. The minimum absolute atomic E-state index is 0.173. The maximum absolute atomic E-state index is 13.1. The Morgan fingerprint density at radius 2 is 1.93 bits per heavy atom. The van der Waals surface area contributed by atoms with Crippen molar-refractivity contribution in [1.29, 1.82) is 0 Å². The molecule has 0 saturated carbocycles. The van der Waals surface area contributed by atoms with Gasteiger partial charge in [0, 0.05) is 19.3 Å². The zero-order valence-corrected chi connectivity index (χ0v) is 16.0. The van der Waals surface area contributed by atoms with Crippen LogP contribution in [0.4, 0.5) is 0 Å². The lowest BCUT2D eigenvalue weighted by Crippen LogP contribution is -2.36. The van der Waals surface area contributed by atoms with Crippen LogP contribution in [0.3, 0.4) is 0 Å². The maximum atomic E-state index is 13.1. The Kier molecular flexibility index (Phi) is 5.26. The molecule has 0 fully saturated rings. The third kappa shape index (κ3) is 3.84. The van der Waals surface area contributed by atoms with E-state index in [1.54, 1.807) is 36.9 Å². The summed E-state index contributed by atoms with van der Waals surface area (Å²) in [5.41, 5.74) is 2.30. The van der Waals surface area contributed by atoms with Crippen molar-refractivity contribution in [3.05, 3.63) is 87.2 Å². The Hall–Kier alpha value is -3.15. The number of aryl methyl sites for hydroxylation is 2. The number of rotatable bonds is 5. The molecule has 2 aromatic heterocycles. The number of hydrogen-bond acceptors (Lipinski definition) is 4. The van der Waals surface area contributed by atoms with Crippen molar-refractivity contribution in [2.45, 2.75) is 33.4 Å². The summed E-state index contributed by atoms with van der Waals surface area (Å²) in [6, 6.07) is 13.1. The lowest BCUT2D eigenvalue weighted by atomic mass is 10.1. The van der Waals surface area contributed by atoms with Gasteiger partial charge in [0.25, 0.3) is 11.5 Å². The molecule has 0 aliphatic rings. The molecule has 0 aliphatic carbocycles. The molecule has 6 heteroatoms. The molecule has 0 N–H and O–H groups in total. The molecule has 1 aromatic carbocycles. The number of hydrogen-bond donors (Lipinski definition) is 0. The lowest BCUT2D eigenvalue weighted by Gasteiger charge is -2.20. The maximum Gasteiger partial charge on any atom is 0.264 e. The van der Waals surface area contributed by atoms with Gasteiger partial charge < -0.3 is 14.0 Å². The molecular formula is C21H23N3O3. The zero-order chi connectivity index (χ0) is 19.6. The standard InChI is InChI=1S/C21H23N3O3/c1-14-10-11-24(16(3)17-8-6-5-7-9-17)21(26)19(14)20(25)23(4)13-18-12-15(2)22-27-18/h5-12,16H,13H2,1-4H3. The van der Waals surface area contributed by atoms with Gasteiger partial charge in [0.05, 0.1) is 18.3 Å². The van der Waals surface area contributed by atoms with Crippen LogP contribution in [0.15, 0.2) is 58.0 Å². The highest BCUT2D eigenvalue weighted by Crippen LogP contribution is 2.17. The van der Waals surface area contributed by atoms with Crippen molar-refractivity contribution in [1.82, 2.24) is 14.6 Å². The van der Waals surface area contributed by atoms with Crippen LogP contribution in [0.2, 0.25) is 0 Å². The van der Waals surface area contributed by atoms with Gasteiger partial charge in [-0.05, 0) is 38.0 Å². The summed E-state index contributed by atoms with van der Waals surface area (Å²) < 4.78 is 6.77. The van der Waals surface area contributed by atoms with Crippen molar-refractivity contribution in [3.8, 4) is 0 Å². The van der Waals surface area contributed by atoms with E-state index in [-0.39, 0.29) is 29.6 Å². The smallest absolute Gasteiger partial charge is 0.264 e. The SMILES string of the molecule is Cc1cc(CN(C)C(=O)c2c(C)ccn(C(C)c3ccccc3)c2=O)on1. The average Bonchev–Trinajstić information content (AvgIpc) is 3.06. The van der Waals surface area contributed by atoms with Crippen molar-refractivity contribution >= 4 is 5.91 Å². The molecule has 140 valence electrons. The van der Waals surface area contributed by atoms with Gasteiger partial charge in [-0.15, -0.1) is 0 Å². The number of carbonyl (C=O) groups excluding carboxylic acids is 1. The summed E-state index contributed by atoms with van der Waals surface area (Å²) >= 11 is 0. The fourth-order valence-corrected chi connectivity index (χ4v) is 3.09. The second-order valence-corrected chi connectivity index (χ2v) is 6.77. The van der Waals surface area contributed by atoms with E-state index in [0.29, 0.717) is 11.3 Å². The monoisotopic (exact) mass is 365 g/mol. The van der Waals surface area contributed by atoms with E-state index in [1.807, 2.05) is 44.2 Å². The number of benzene rings is 1. The van der Waals surface area contributed by atoms with E-state index < -0.39 is 0 Å². The van der Waals surface area contributed by atoms with Crippen LogP contribution >= 0.6 is 0 Å². The summed E-state index contributed by atoms with van der Waals surface area (Å²) in [4.78, 5) is 27.5. The molecular weight excluding hydrogens is 342 g/mol. The fraction of sp³-hybridized carbons (Fsp3) is 0.286. The normalized spacial score (nSPS) is 12.0. The Morgan fingerprint density at radius 1 is 1.22 bits per heavy atom. The fourth-order valence-electron chi connectivity index (χ4n) is 3.09. The molecule has 3 aromatic rings. The molecule has 27 heavy (non-hydrogen) atoms. The van der Waals surface area contributed by atoms with E-state index >= 15 is 0 Å². The minimum atomic E-state index is -0.332. The molecule has 0 bridgehead atoms. The van der Waals surface area contributed by atoms with Crippen LogP contribution in [0, 0.1) is 13.8 Å². The minimum Gasteiger partial charge on any atom is -0.359 e. The Balaban J connectivity index is 1.93. The topological polar surface area (TPSA) is 68.3 Å². The van der Waals surface area contributed by atoms with E-state index in [2.05, 4.69) is 5.16 Å². The molecule has 1 unspecified atom stereocenters. The Labute approximate surface area is 158 Å². The van der Waals surface area contributed by atoms with Gasteiger partial charge in [0.2, 0.25) is 0 Å². The molecule has 3 rings (SSSR count). The van der Waals surface area contributed by atoms with Gasteiger partial charge in [0.1, 0.15) is 5.56 Å². The predicted molar refractivity (Wildman–Crippen MR) is 103 cm³/mol. The van der Waals surface area contributed by atoms with Crippen molar-refractivity contribution in [2.75, 3.05) is 7.05 Å². The van der Waals surface area contributed by atoms with Gasteiger partial charge >= 0.3 is 0 Å². The van der Waals surface area contributed by atoms with Crippen molar-refractivity contribution in [3.63, 3.8) is 0 Å². The van der Waals surface area contributed by atoms with Crippen LogP contribution in [0.1, 0.15) is 45.9 Å². The van der Waals surface area contributed by atoms with Gasteiger partial charge in [-0.25, -0.2) is 0 Å². The summed E-state index contributed by atoms with van der Waals surface area (Å²) in [6.45, 7) is 5.79. The molecule has 0 saturated heterocycles. The second-order valence-electron chi connectivity index (χ2n) is 6.77. The number of nitrogens with zero attached hydrogens (tertiary/aromatic N) is 3. The lowest BCUT2D eigenvalue weighted by molar-refractivity contribution is 0.0769. The summed E-state index contributed by atoms with van der Waals surface area (Å²) in [5, 5.41) is 3.83. The number of aromatic nitrogens is 2. The van der Waals surface area contributed by atoms with E-state index in [1.165, 1.54) is 4.90 Å². The van der Waals surface area contributed by atoms with E-state index in [0.717, 1.165) is 11.3 Å². The van der Waals surface area contributed by atoms with Gasteiger partial charge in [-0.1, -0.05) is 35.5 Å². The zero-order valence-electron chi connectivity index (χ0n) is 16.0. The summed E-state index contributed by atoms with van der Waals surface area (Å²) in [7, 11) is 1.65. The molecule has 1 amide bonds. The number of pyridine rings is 1. The van der Waals surface area contributed by atoms with Crippen LogP contribution < -0.4 is 5.56 Å². The number of amides is 1. The summed E-state index contributed by atoms with van der Waals surface area (Å²) in [6.07, 6.45) is 1.74. The molecule has 0 aliphatic heterocycles. The predicted octanol–water partition coefficient (Wildman–Crippen LogP) is 3.33. The van der Waals surface area contributed by atoms with E-state index in [9.17, 15) is 9.59 Å². The van der Waals surface area contributed by atoms with Crippen LogP contribution in [-0.4, -0.2) is 27.6 Å². The van der Waals surface area contributed by atoms with Gasteiger partial charge in [0.15, 0.2) is 5.76 Å². The molecule has 0 radical (unpaired) electrons. The first-order valence-corrected chi connectivity index (χ1v) is 8.83. The van der Waals surface area contributed by atoms with Crippen molar-refractivity contribution < 1.29 is 9.32 Å². The third-order valence-electron chi connectivity index (χ3n) is 4.66. The Bertz CT molecular complexity index is 1010. The van der Waals surface area contributed by atoms with Crippen LogP contribution in [0.5, 0.6) is 0 Å². The molecule has 1 atom stereocenters. The molecule has 0 spiro atoms. The Morgan fingerprint density at radius 3 is 2.56 bits per heavy atom. The van der Waals surface area contributed by atoms with E-state index in [4.69, 9.17) is 4.52 Å². The van der Waals surface area contributed by atoms with Gasteiger partial charge in [-0.2, -0.15) is 0 Å². The third-order valence-corrected chi connectivity index (χ3v) is 4.66. The average molecular weight is 365 g/mol. The first kappa shape index (κ1) is 18.6. The quantitative estimate of drug-likeness (QED) is 0.695. The highest BCUT2D eigenvalue weighted by atomic mass is 16.5. The molecule has 2 heterocycles. The number of carbonyl (C=O) groups is 1. The first-order valence-electron chi connectivity index (χ1n) is 8.83. The molecule has 6 nitrogen and oxygen atoms in total. The van der Waals surface area contributed by atoms with Crippen molar-refractivity contribution in [2.24, 2.45) is 0 Å². The first-order chi connectivity index (χ1) is 12.9.